The third kappa shape index (κ3) is 5.45. The van der Waals surface area contributed by atoms with Crippen LogP contribution in [0.4, 0.5) is 10.2 Å². The molecule has 9 nitrogen and oxygen atoms in total. The van der Waals surface area contributed by atoms with E-state index in [2.05, 4.69) is 41.9 Å². The number of likely N-dealkylation sites (tertiary alicyclic amines) is 1. The normalized spacial score (nSPS) is 18.7. The average Bonchev–Trinajstić information content (AvgIpc) is 3.71. The summed E-state index contributed by atoms with van der Waals surface area (Å²) in [6.45, 7) is 4.85. The Kier molecular flexibility index (Phi) is 6.83. The van der Waals surface area contributed by atoms with Crippen molar-refractivity contribution in [1.82, 2.24) is 24.8 Å². The smallest absolute Gasteiger partial charge is 0.323 e. The molecule has 2 N–H and O–H groups in total. The van der Waals surface area contributed by atoms with Crippen LogP contribution in [0.2, 0.25) is 0 Å². The van der Waals surface area contributed by atoms with Gasteiger partial charge in [-0.25, -0.2) is 19.2 Å². The SMILES string of the molecule is O=c1[nH]c2ccc(CN3CCC4(CCN(c5ncncc5Oc5ccc(F)cc5OCc5ccccc5)C4)C3)cc2[nH]1. The van der Waals surface area contributed by atoms with E-state index in [-0.39, 0.29) is 11.1 Å². The van der Waals surface area contributed by atoms with Crippen molar-refractivity contribution in [3.05, 3.63) is 107 Å². The van der Waals surface area contributed by atoms with Crippen molar-refractivity contribution in [2.24, 2.45) is 5.41 Å². The van der Waals surface area contributed by atoms with Crippen LogP contribution >= 0.6 is 0 Å². The number of nitrogens with zero attached hydrogens (tertiary/aromatic N) is 4. The van der Waals surface area contributed by atoms with Gasteiger partial charge in [-0.3, -0.25) is 4.90 Å². The maximum Gasteiger partial charge on any atom is 0.323 e. The van der Waals surface area contributed by atoms with Crippen molar-refractivity contribution in [2.75, 3.05) is 31.1 Å². The summed E-state index contributed by atoms with van der Waals surface area (Å²) in [5.41, 5.74) is 3.80. The molecule has 2 aromatic heterocycles. The number of aromatic nitrogens is 4. The Balaban J connectivity index is 1.04. The Bertz CT molecular complexity index is 1770. The van der Waals surface area contributed by atoms with Gasteiger partial charge >= 0.3 is 5.69 Å². The number of benzene rings is 3. The van der Waals surface area contributed by atoms with E-state index in [4.69, 9.17) is 9.47 Å². The van der Waals surface area contributed by atoms with Crippen LogP contribution in [-0.4, -0.2) is 51.0 Å². The van der Waals surface area contributed by atoms with Crippen LogP contribution in [0.5, 0.6) is 17.2 Å². The molecule has 2 aliphatic rings. The van der Waals surface area contributed by atoms with Crippen LogP contribution in [0.25, 0.3) is 11.0 Å². The van der Waals surface area contributed by atoms with Crippen LogP contribution < -0.4 is 20.1 Å². The molecule has 42 heavy (non-hydrogen) atoms. The van der Waals surface area contributed by atoms with Gasteiger partial charge in [-0.15, -0.1) is 0 Å². The van der Waals surface area contributed by atoms with E-state index in [0.717, 1.165) is 68.0 Å². The molecule has 7 rings (SSSR count). The summed E-state index contributed by atoms with van der Waals surface area (Å²) in [6, 6.07) is 20.1. The molecule has 0 saturated carbocycles. The summed E-state index contributed by atoms with van der Waals surface area (Å²) < 4.78 is 26.4. The summed E-state index contributed by atoms with van der Waals surface area (Å²) in [7, 11) is 0. The molecule has 2 fully saturated rings. The summed E-state index contributed by atoms with van der Waals surface area (Å²) in [6.07, 6.45) is 5.34. The molecule has 1 spiro atoms. The molecule has 2 aliphatic heterocycles. The summed E-state index contributed by atoms with van der Waals surface area (Å²) in [4.78, 5) is 30.9. The Hall–Kier alpha value is -4.70. The quantitative estimate of drug-likeness (QED) is 0.264. The minimum absolute atomic E-state index is 0.161. The van der Waals surface area contributed by atoms with Gasteiger partial charge in [-0.2, -0.15) is 0 Å². The molecule has 10 heteroatoms. The minimum atomic E-state index is -0.400. The third-order valence-electron chi connectivity index (χ3n) is 8.26. The predicted molar refractivity (Wildman–Crippen MR) is 157 cm³/mol. The number of halogens is 1. The minimum Gasteiger partial charge on any atom is -0.485 e. The number of nitrogens with one attached hydrogen (secondary N) is 2. The lowest BCUT2D eigenvalue weighted by atomic mass is 9.86. The van der Waals surface area contributed by atoms with Crippen LogP contribution in [0, 0.1) is 11.2 Å². The van der Waals surface area contributed by atoms with Crippen molar-refractivity contribution >= 4 is 16.9 Å². The van der Waals surface area contributed by atoms with E-state index in [1.54, 1.807) is 12.3 Å². The Labute approximate surface area is 241 Å². The van der Waals surface area contributed by atoms with Crippen LogP contribution in [0.15, 0.2) is 84.0 Å². The van der Waals surface area contributed by atoms with Crippen molar-refractivity contribution in [3.63, 3.8) is 0 Å². The number of aromatic amines is 2. The monoisotopic (exact) mass is 566 g/mol. The van der Waals surface area contributed by atoms with Gasteiger partial charge in [0.05, 0.1) is 17.2 Å². The van der Waals surface area contributed by atoms with Gasteiger partial charge in [-0.05, 0) is 54.8 Å². The van der Waals surface area contributed by atoms with Gasteiger partial charge in [-0.1, -0.05) is 36.4 Å². The van der Waals surface area contributed by atoms with E-state index >= 15 is 0 Å². The van der Waals surface area contributed by atoms with Crippen LogP contribution in [-0.2, 0) is 13.2 Å². The van der Waals surface area contributed by atoms with Gasteiger partial charge in [0, 0.05) is 37.7 Å². The first-order chi connectivity index (χ1) is 20.5. The highest BCUT2D eigenvalue weighted by atomic mass is 19.1. The molecule has 0 bridgehead atoms. The van der Waals surface area contributed by atoms with Crippen molar-refractivity contribution in [2.45, 2.75) is 26.0 Å². The second kappa shape index (κ2) is 10.9. The molecule has 1 atom stereocenters. The fourth-order valence-corrected chi connectivity index (χ4v) is 6.20. The highest BCUT2D eigenvalue weighted by Crippen LogP contribution is 2.44. The Morgan fingerprint density at radius 2 is 1.74 bits per heavy atom. The average molecular weight is 567 g/mol. The molecular weight excluding hydrogens is 535 g/mol. The lowest BCUT2D eigenvalue weighted by Gasteiger charge is -2.26. The second-order valence-electron chi connectivity index (χ2n) is 11.3. The standard InChI is InChI=1S/C32H31FN6O3/c33-24-7-9-27(28(15-24)41-18-22-4-2-1-3-5-22)42-29-16-34-21-35-30(29)39-13-11-32(20-39)10-12-38(19-32)17-23-6-8-25-26(14-23)37-31(40)36-25/h1-9,14-16,21H,10-13,17-20H2,(H2,36,37,40). The topological polar surface area (TPSA) is 99.4 Å². The molecule has 214 valence electrons. The summed E-state index contributed by atoms with van der Waals surface area (Å²) >= 11 is 0. The van der Waals surface area contributed by atoms with E-state index in [9.17, 15) is 9.18 Å². The summed E-state index contributed by atoms with van der Waals surface area (Å²) in [5.74, 6) is 1.56. The second-order valence-corrected chi connectivity index (χ2v) is 11.3. The highest BCUT2D eigenvalue weighted by Gasteiger charge is 2.44. The largest absolute Gasteiger partial charge is 0.485 e. The molecule has 2 saturated heterocycles. The fourth-order valence-electron chi connectivity index (χ4n) is 6.20. The lowest BCUT2D eigenvalue weighted by Crippen LogP contribution is -2.31. The highest BCUT2D eigenvalue weighted by molar-refractivity contribution is 5.75. The van der Waals surface area contributed by atoms with E-state index in [1.807, 2.05) is 36.4 Å². The van der Waals surface area contributed by atoms with E-state index < -0.39 is 5.82 Å². The number of rotatable bonds is 8. The lowest BCUT2D eigenvalue weighted by molar-refractivity contribution is 0.270. The van der Waals surface area contributed by atoms with Gasteiger partial charge in [0.15, 0.2) is 23.1 Å². The van der Waals surface area contributed by atoms with E-state index in [1.165, 1.54) is 24.0 Å². The predicted octanol–water partition coefficient (Wildman–Crippen LogP) is 5.26. The van der Waals surface area contributed by atoms with E-state index in [0.29, 0.717) is 23.9 Å². The maximum atomic E-state index is 14.2. The zero-order valence-corrected chi connectivity index (χ0v) is 23.1. The van der Waals surface area contributed by atoms with Crippen molar-refractivity contribution < 1.29 is 13.9 Å². The molecule has 0 aliphatic carbocycles. The first-order valence-corrected chi connectivity index (χ1v) is 14.1. The molecule has 1 unspecified atom stereocenters. The number of anilines is 1. The first-order valence-electron chi connectivity index (χ1n) is 14.1. The van der Waals surface area contributed by atoms with Gasteiger partial charge in [0.1, 0.15) is 18.8 Å². The third-order valence-corrected chi connectivity index (χ3v) is 8.26. The molecule has 0 amide bonds. The van der Waals surface area contributed by atoms with Gasteiger partial charge in [0.25, 0.3) is 0 Å². The van der Waals surface area contributed by atoms with Crippen molar-refractivity contribution in [1.29, 1.82) is 0 Å². The molecule has 5 aromatic rings. The maximum absolute atomic E-state index is 14.2. The first kappa shape index (κ1) is 26.2. The number of fused-ring (bicyclic) bond motifs is 1. The number of imidazole rings is 1. The fraction of sp³-hybridized carbons (Fsp3) is 0.281. The molecule has 4 heterocycles. The Morgan fingerprint density at radius 3 is 2.64 bits per heavy atom. The van der Waals surface area contributed by atoms with Crippen molar-refractivity contribution in [3.8, 4) is 17.2 Å². The molecule has 3 aromatic carbocycles. The summed E-state index contributed by atoms with van der Waals surface area (Å²) in [5, 5.41) is 0. The number of hydrogen-bond donors (Lipinski definition) is 2. The number of H-pyrrole nitrogens is 2. The molecular formula is C32H31FN6O3. The Morgan fingerprint density at radius 1 is 0.881 bits per heavy atom. The van der Waals surface area contributed by atoms with Gasteiger partial charge in [0.2, 0.25) is 0 Å². The zero-order valence-electron chi connectivity index (χ0n) is 23.1. The van der Waals surface area contributed by atoms with Crippen LogP contribution in [0.1, 0.15) is 24.0 Å². The zero-order chi connectivity index (χ0) is 28.5. The number of ether oxygens (including phenoxy) is 2. The number of hydrogen-bond acceptors (Lipinski definition) is 7. The van der Waals surface area contributed by atoms with Crippen LogP contribution in [0.3, 0.4) is 0 Å². The van der Waals surface area contributed by atoms with Gasteiger partial charge < -0.3 is 24.3 Å². The molecule has 0 radical (unpaired) electrons.